The monoisotopic (exact) mass is 242 g/mol. The average molecular weight is 242 g/mol. The molecule has 0 aromatic heterocycles. The first-order valence-corrected chi connectivity index (χ1v) is 6.98. The van der Waals surface area contributed by atoms with Crippen molar-refractivity contribution in [1.29, 1.82) is 0 Å². The van der Waals surface area contributed by atoms with Crippen molar-refractivity contribution < 1.29 is 4.79 Å². The summed E-state index contributed by atoms with van der Waals surface area (Å²) in [5, 5.41) is 6.68. The molecule has 0 saturated carbocycles. The lowest BCUT2D eigenvalue weighted by Gasteiger charge is -2.08. The molecule has 0 fully saturated rings. The molecule has 17 heavy (non-hydrogen) atoms. The zero-order valence-corrected chi connectivity index (χ0v) is 12.0. The van der Waals surface area contributed by atoms with Crippen LogP contribution in [-0.4, -0.2) is 31.5 Å². The topological polar surface area (TPSA) is 41.1 Å². The van der Waals surface area contributed by atoms with Crippen molar-refractivity contribution >= 4 is 5.78 Å². The quantitative estimate of drug-likeness (QED) is 0.547. The predicted octanol–water partition coefficient (Wildman–Crippen LogP) is 2.36. The third kappa shape index (κ3) is 13.5. The fourth-order valence-electron chi connectivity index (χ4n) is 1.60. The van der Waals surface area contributed by atoms with Gasteiger partial charge in [0.1, 0.15) is 5.78 Å². The Bertz CT molecular complexity index is 191. The molecule has 3 heteroatoms. The summed E-state index contributed by atoms with van der Waals surface area (Å²) in [5.41, 5.74) is 0. The lowest BCUT2D eigenvalue weighted by molar-refractivity contribution is -0.119. The molecule has 0 radical (unpaired) electrons. The Kier molecular flexibility index (Phi) is 10.5. The highest BCUT2D eigenvalue weighted by molar-refractivity contribution is 5.78. The van der Waals surface area contributed by atoms with Gasteiger partial charge in [-0.15, -0.1) is 0 Å². The van der Waals surface area contributed by atoms with Crippen LogP contribution in [0.5, 0.6) is 0 Å². The highest BCUT2D eigenvalue weighted by Crippen LogP contribution is 1.98. The molecule has 0 saturated heterocycles. The lowest BCUT2D eigenvalue weighted by atomic mass is 10.1. The molecule has 2 N–H and O–H groups in total. The van der Waals surface area contributed by atoms with Crippen LogP contribution in [0, 0.1) is 5.92 Å². The van der Waals surface area contributed by atoms with Gasteiger partial charge < -0.3 is 10.6 Å². The van der Waals surface area contributed by atoms with E-state index in [4.69, 9.17) is 0 Å². The normalized spacial score (nSPS) is 11.4. The smallest absolute Gasteiger partial charge is 0.133 e. The highest BCUT2D eigenvalue weighted by atomic mass is 16.1. The fourth-order valence-corrected chi connectivity index (χ4v) is 1.60. The van der Waals surface area contributed by atoms with Gasteiger partial charge in [0.05, 0.1) is 0 Å². The molecule has 0 aliphatic carbocycles. The van der Waals surface area contributed by atoms with Gasteiger partial charge in [-0.2, -0.15) is 0 Å². The van der Waals surface area contributed by atoms with Crippen LogP contribution in [0.2, 0.25) is 0 Å². The second-order valence-corrected chi connectivity index (χ2v) is 5.45. The third-order valence-corrected chi connectivity index (χ3v) is 2.55. The van der Waals surface area contributed by atoms with E-state index in [1.165, 1.54) is 0 Å². The van der Waals surface area contributed by atoms with Crippen LogP contribution < -0.4 is 10.6 Å². The van der Waals surface area contributed by atoms with Gasteiger partial charge in [0.25, 0.3) is 0 Å². The van der Waals surface area contributed by atoms with E-state index in [0.717, 1.165) is 45.3 Å². The Morgan fingerprint density at radius 3 is 2.12 bits per heavy atom. The molecule has 0 aromatic carbocycles. The van der Waals surface area contributed by atoms with Crippen molar-refractivity contribution in [2.24, 2.45) is 5.92 Å². The van der Waals surface area contributed by atoms with Crippen LogP contribution in [0.3, 0.4) is 0 Å². The summed E-state index contributed by atoms with van der Waals surface area (Å²) in [6, 6.07) is 0.519. The highest BCUT2D eigenvalue weighted by Gasteiger charge is 2.02. The standard InChI is InChI=1S/C14H30N2O/c1-12(2)11-15-9-5-7-14(17)8-6-10-16-13(3)4/h12-13,15-16H,5-11H2,1-4H3. The molecular weight excluding hydrogens is 212 g/mol. The molecule has 0 aliphatic heterocycles. The van der Waals surface area contributed by atoms with Crippen LogP contribution in [0.15, 0.2) is 0 Å². The molecule has 0 amide bonds. The number of rotatable bonds is 11. The largest absolute Gasteiger partial charge is 0.316 e. The van der Waals surface area contributed by atoms with E-state index in [0.29, 0.717) is 17.7 Å². The molecule has 0 heterocycles. The number of carbonyl (C=O) groups excluding carboxylic acids is 1. The van der Waals surface area contributed by atoms with Gasteiger partial charge in [-0.05, 0) is 38.4 Å². The molecule has 0 spiro atoms. The minimum atomic E-state index is 0.405. The second-order valence-electron chi connectivity index (χ2n) is 5.45. The maximum atomic E-state index is 11.5. The number of hydrogen-bond acceptors (Lipinski definition) is 3. The number of carbonyl (C=O) groups is 1. The minimum absolute atomic E-state index is 0.405. The van der Waals surface area contributed by atoms with Crippen molar-refractivity contribution in [1.82, 2.24) is 10.6 Å². The van der Waals surface area contributed by atoms with Gasteiger partial charge in [-0.1, -0.05) is 27.7 Å². The van der Waals surface area contributed by atoms with Crippen molar-refractivity contribution in [2.75, 3.05) is 19.6 Å². The molecule has 0 bridgehead atoms. The summed E-state index contributed by atoms with van der Waals surface area (Å²) < 4.78 is 0. The Hall–Kier alpha value is -0.410. The first-order chi connectivity index (χ1) is 8.02. The number of Topliss-reactive ketones (excluding diaryl/α,β-unsaturated/α-hetero) is 1. The Labute approximate surface area is 107 Å². The van der Waals surface area contributed by atoms with E-state index >= 15 is 0 Å². The number of ketones is 1. The second kappa shape index (κ2) is 10.7. The number of nitrogens with one attached hydrogen (secondary N) is 2. The molecular formula is C14H30N2O. The van der Waals surface area contributed by atoms with E-state index in [-0.39, 0.29) is 0 Å². The molecule has 0 rings (SSSR count). The molecule has 0 unspecified atom stereocenters. The number of hydrogen-bond donors (Lipinski definition) is 2. The van der Waals surface area contributed by atoms with Crippen molar-refractivity contribution in [3.05, 3.63) is 0 Å². The Morgan fingerprint density at radius 2 is 1.59 bits per heavy atom. The van der Waals surface area contributed by atoms with Crippen LogP contribution in [0.1, 0.15) is 53.4 Å². The van der Waals surface area contributed by atoms with Crippen LogP contribution in [0.4, 0.5) is 0 Å². The lowest BCUT2D eigenvalue weighted by Crippen LogP contribution is -2.24. The third-order valence-electron chi connectivity index (χ3n) is 2.55. The Morgan fingerprint density at radius 1 is 1.00 bits per heavy atom. The molecule has 0 aliphatic rings. The molecule has 0 atom stereocenters. The summed E-state index contributed by atoms with van der Waals surface area (Å²) in [7, 11) is 0. The molecule has 0 aromatic rings. The van der Waals surface area contributed by atoms with Gasteiger partial charge in [0.15, 0.2) is 0 Å². The summed E-state index contributed by atoms with van der Waals surface area (Å²) >= 11 is 0. The van der Waals surface area contributed by atoms with E-state index in [9.17, 15) is 4.79 Å². The van der Waals surface area contributed by atoms with Crippen molar-refractivity contribution in [3.63, 3.8) is 0 Å². The summed E-state index contributed by atoms with van der Waals surface area (Å²) in [6.07, 6.45) is 3.40. The minimum Gasteiger partial charge on any atom is -0.316 e. The van der Waals surface area contributed by atoms with Gasteiger partial charge >= 0.3 is 0 Å². The van der Waals surface area contributed by atoms with Gasteiger partial charge in [-0.25, -0.2) is 0 Å². The summed E-state index contributed by atoms with van der Waals surface area (Å²) in [6.45, 7) is 11.6. The van der Waals surface area contributed by atoms with Crippen LogP contribution in [-0.2, 0) is 4.79 Å². The van der Waals surface area contributed by atoms with Crippen molar-refractivity contribution in [3.8, 4) is 0 Å². The van der Waals surface area contributed by atoms with Crippen molar-refractivity contribution in [2.45, 2.75) is 59.4 Å². The van der Waals surface area contributed by atoms with E-state index in [1.54, 1.807) is 0 Å². The zero-order chi connectivity index (χ0) is 13.1. The van der Waals surface area contributed by atoms with E-state index < -0.39 is 0 Å². The van der Waals surface area contributed by atoms with Gasteiger partial charge in [-0.3, -0.25) is 4.79 Å². The van der Waals surface area contributed by atoms with Gasteiger partial charge in [0.2, 0.25) is 0 Å². The van der Waals surface area contributed by atoms with Crippen LogP contribution in [0.25, 0.3) is 0 Å². The first-order valence-electron chi connectivity index (χ1n) is 6.98. The summed E-state index contributed by atoms with van der Waals surface area (Å²) in [5.74, 6) is 1.09. The molecule has 3 nitrogen and oxygen atoms in total. The summed E-state index contributed by atoms with van der Waals surface area (Å²) in [4.78, 5) is 11.5. The van der Waals surface area contributed by atoms with Gasteiger partial charge in [0, 0.05) is 18.9 Å². The SMILES string of the molecule is CC(C)CNCCCC(=O)CCCNC(C)C. The van der Waals surface area contributed by atoms with Crippen LogP contribution >= 0.6 is 0 Å². The Balaban J connectivity index is 3.23. The first kappa shape index (κ1) is 16.6. The maximum absolute atomic E-state index is 11.5. The van der Waals surface area contributed by atoms with E-state index in [2.05, 4.69) is 38.3 Å². The predicted molar refractivity (Wildman–Crippen MR) is 74.3 cm³/mol. The maximum Gasteiger partial charge on any atom is 0.133 e. The molecule has 102 valence electrons. The average Bonchev–Trinajstić information content (AvgIpc) is 2.23. The fraction of sp³-hybridized carbons (Fsp3) is 0.929. The zero-order valence-electron chi connectivity index (χ0n) is 12.0. The van der Waals surface area contributed by atoms with E-state index in [1.807, 2.05) is 0 Å².